The van der Waals surface area contributed by atoms with E-state index in [-0.39, 0.29) is 12.6 Å². The van der Waals surface area contributed by atoms with Gasteiger partial charge >= 0.3 is 0 Å². The molecule has 26 heavy (non-hydrogen) atoms. The second-order valence-corrected chi connectivity index (χ2v) is 5.50. The number of hydrogen-bond acceptors (Lipinski definition) is 7. The number of ether oxygens (including phenoxy) is 1. The van der Waals surface area contributed by atoms with Crippen LogP contribution in [0.25, 0.3) is 0 Å². The molecule has 0 amide bonds. The molecule has 0 radical (unpaired) electrons. The van der Waals surface area contributed by atoms with Gasteiger partial charge in [0.15, 0.2) is 5.82 Å². The normalized spacial score (nSPS) is 10.2. The lowest BCUT2D eigenvalue weighted by atomic mass is 10.1. The smallest absolute Gasteiger partial charge is 0.232 e. The highest BCUT2D eigenvalue weighted by molar-refractivity contribution is 5.58. The second-order valence-electron chi connectivity index (χ2n) is 5.50. The summed E-state index contributed by atoms with van der Waals surface area (Å²) in [5.74, 6) is 1.44. The fraction of sp³-hybridized carbons (Fsp3) is 0.158. The molecule has 0 aliphatic carbocycles. The van der Waals surface area contributed by atoms with E-state index in [0.29, 0.717) is 23.1 Å². The molecule has 3 aromatic rings. The Morgan fingerprint density at radius 3 is 2.77 bits per heavy atom. The van der Waals surface area contributed by atoms with Crippen molar-refractivity contribution >= 4 is 17.6 Å². The van der Waals surface area contributed by atoms with Crippen molar-refractivity contribution in [3.63, 3.8) is 0 Å². The summed E-state index contributed by atoms with van der Waals surface area (Å²) in [5, 5.41) is 12.1. The SMILES string of the molecule is CCc1ccccc1Nc1nc(N)nc(COc2cccc(C#N)c2)n1. The van der Waals surface area contributed by atoms with E-state index in [2.05, 4.69) is 33.3 Å². The van der Waals surface area contributed by atoms with Gasteiger partial charge < -0.3 is 15.8 Å². The molecule has 0 bridgehead atoms. The second kappa shape index (κ2) is 7.94. The summed E-state index contributed by atoms with van der Waals surface area (Å²) in [5.41, 5.74) is 8.40. The van der Waals surface area contributed by atoms with Crippen LogP contribution in [0, 0.1) is 11.3 Å². The first-order valence-corrected chi connectivity index (χ1v) is 8.16. The van der Waals surface area contributed by atoms with E-state index in [1.165, 1.54) is 0 Å². The number of nitriles is 1. The minimum Gasteiger partial charge on any atom is -0.486 e. The average Bonchev–Trinajstić information content (AvgIpc) is 2.66. The first kappa shape index (κ1) is 17.2. The lowest BCUT2D eigenvalue weighted by Gasteiger charge is -2.11. The molecule has 3 N–H and O–H groups in total. The zero-order valence-electron chi connectivity index (χ0n) is 14.3. The molecule has 0 fully saturated rings. The Morgan fingerprint density at radius 2 is 1.96 bits per heavy atom. The summed E-state index contributed by atoms with van der Waals surface area (Å²) in [4.78, 5) is 12.6. The van der Waals surface area contributed by atoms with Gasteiger partial charge in [0.1, 0.15) is 12.4 Å². The maximum atomic E-state index is 8.94. The highest BCUT2D eigenvalue weighted by Crippen LogP contribution is 2.20. The molecule has 0 saturated carbocycles. The largest absolute Gasteiger partial charge is 0.486 e. The molecule has 7 nitrogen and oxygen atoms in total. The molecule has 0 unspecified atom stereocenters. The van der Waals surface area contributed by atoms with Gasteiger partial charge in [0.2, 0.25) is 11.9 Å². The fourth-order valence-corrected chi connectivity index (χ4v) is 2.43. The van der Waals surface area contributed by atoms with E-state index >= 15 is 0 Å². The first-order valence-electron chi connectivity index (χ1n) is 8.16. The van der Waals surface area contributed by atoms with E-state index in [4.69, 9.17) is 15.7 Å². The van der Waals surface area contributed by atoms with Crippen LogP contribution in [0.4, 0.5) is 17.6 Å². The summed E-state index contributed by atoms with van der Waals surface area (Å²) in [6.07, 6.45) is 0.884. The molecule has 130 valence electrons. The molecule has 1 heterocycles. The Bertz CT molecular complexity index is 951. The van der Waals surface area contributed by atoms with Crippen molar-refractivity contribution in [2.24, 2.45) is 0 Å². The van der Waals surface area contributed by atoms with Crippen LogP contribution < -0.4 is 15.8 Å². The molecular formula is C19H18N6O. The van der Waals surface area contributed by atoms with E-state index in [9.17, 15) is 0 Å². The van der Waals surface area contributed by atoms with Gasteiger partial charge in [0.25, 0.3) is 0 Å². The van der Waals surface area contributed by atoms with Crippen LogP contribution in [0.5, 0.6) is 5.75 Å². The van der Waals surface area contributed by atoms with Crippen LogP contribution in [-0.2, 0) is 13.0 Å². The zero-order valence-corrected chi connectivity index (χ0v) is 14.3. The van der Waals surface area contributed by atoms with Crippen LogP contribution in [-0.4, -0.2) is 15.0 Å². The number of nitrogens with two attached hydrogens (primary N) is 1. The van der Waals surface area contributed by atoms with Crippen LogP contribution in [0.15, 0.2) is 48.5 Å². The standard InChI is InChI=1S/C19H18N6O/c1-2-14-7-3-4-9-16(14)22-19-24-17(23-18(21)25-19)12-26-15-8-5-6-13(10-15)11-20/h3-10H,2,12H2,1H3,(H3,21,22,23,24,25). The molecule has 0 saturated heterocycles. The Balaban J connectivity index is 1.76. The Labute approximate surface area is 151 Å². The third kappa shape index (κ3) is 4.24. The Hall–Kier alpha value is -3.66. The van der Waals surface area contributed by atoms with Crippen molar-refractivity contribution < 1.29 is 4.74 Å². The van der Waals surface area contributed by atoms with Gasteiger partial charge in [0, 0.05) is 5.69 Å². The summed E-state index contributed by atoms with van der Waals surface area (Å²) in [7, 11) is 0. The van der Waals surface area contributed by atoms with E-state index in [1.54, 1.807) is 24.3 Å². The number of hydrogen-bond donors (Lipinski definition) is 2. The molecule has 7 heteroatoms. The quantitative estimate of drug-likeness (QED) is 0.705. The lowest BCUT2D eigenvalue weighted by molar-refractivity contribution is 0.296. The van der Waals surface area contributed by atoms with Crippen LogP contribution in [0.1, 0.15) is 23.9 Å². The van der Waals surface area contributed by atoms with Crippen molar-refractivity contribution in [2.45, 2.75) is 20.0 Å². The molecule has 2 aromatic carbocycles. The number of nitrogens with one attached hydrogen (secondary N) is 1. The molecule has 0 aliphatic heterocycles. The predicted molar refractivity (Wildman–Crippen MR) is 98.8 cm³/mol. The van der Waals surface area contributed by atoms with Crippen molar-refractivity contribution in [2.75, 3.05) is 11.1 Å². The lowest BCUT2D eigenvalue weighted by Crippen LogP contribution is -2.10. The number of nitrogen functional groups attached to an aromatic ring is 1. The van der Waals surface area contributed by atoms with E-state index in [0.717, 1.165) is 17.7 Å². The van der Waals surface area contributed by atoms with E-state index < -0.39 is 0 Å². The van der Waals surface area contributed by atoms with Crippen LogP contribution in [0.2, 0.25) is 0 Å². The number of benzene rings is 2. The summed E-state index contributed by atoms with van der Waals surface area (Å²) in [6.45, 7) is 2.20. The summed E-state index contributed by atoms with van der Waals surface area (Å²) >= 11 is 0. The Morgan fingerprint density at radius 1 is 1.12 bits per heavy atom. The number of para-hydroxylation sites is 1. The number of aryl methyl sites for hydroxylation is 1. The minimum atomic E-state index is 0.112. The number of rotatable bonds is 6. The van der Waals surface area contributed by atoms with Gasteiger partial charge in [-0.25, -0.2) is 0 Å². The maximum absolute atomic E-state index is 8.94. The van der Waals surface area contributed by atoms with Gasteiger partial charge in [0.05, 0.1) is 11.6 Å². The molecular weight excluding hydrogens is 328 g/mol. The van der Waals surface area contributed by atoms with Crippen molar-refractivity contribution in [1.82, 2.24) is 15.0 Å². The third-order valence-corrected chi connectivity index (χ3v) is 3.67. The molecule has 3 rings (SSSR count). The number of anilines is 3. The molecule has 1 aromatic heterocycles. The topological polar surface area (TPSA) is 110 Å². The van der Waals surface area contributed by atoms with Crippen molar-refractivity contribution in [1.29, 1.82) is 5.26 Å². The first-order chi connectivity index (χ1) is 12.7. The van der Waals surface area contributed by atoms with Crippen LogP contribution in [0.3, 0.4) is 0 Å². The third-order valence-electron chi connectivity index (χ3n) is 3.67. The monoisotopic (exact) mass is 346 g/mol. The van der Waals surface area contributed by atoms with Gasteiger partial charge in [-0.05, 0) is 36.2 Å². The van der Waals surface area contributed by atoms with Crippen molar-refractivity contribution in [3.05, 3.63) is 65.5 Å². The Kier molecular flexibility index (Phi) is 5.25. The average molecular weight is 346 g/mol. The van der Waals surface area contributed by atoms with Gasteiger partial charge in [-0.15, -0.1) is 0 Å². The predicted octanol–water partition coefficient (Wildman–Crippen LogP) is 3.21. The van der Waals surface area contributed by atoms with Gasteiger partial charge in [-0.3, -0.25) is 0 Å². The highest BCUT2D eigenvalue weighted by atomic mass is 16.5. The summed E-state index contributed by atoms with van der Waals surface area (Å²) < 4.78 is 5.65. The zero-order chi connectivity index (χ0) is 18.4. The highest BCUT2D eigenvalue weighted by Gasteiger charge is 2.08. The van der Waals surface area contributed by atoms with Crippen molar-refractivity contribution in [3.8, 4) is 11.8 Å². The minimum absolute atomic E-state index is 0.112. The maximum Gasteiger partial charge on any atom is 0.232 e. The molecule has 0 atom stereocenters. The fourth-order valence-electron chi connectivity index (χ4n) is 2.43. The van der Waals surface area contributed by atoms with Gasteiger partial charge in [-0.1, -0.05) is 31.2 Å². The van der Waals surface area contributed by atoms with E-state index in [1.807, 2.05) is 24.3 Å². The number of nitrogens with zero attached hydrogens (tertiary/aromatic N) is 4. The number of aromatic nitrogens is 3. The van der Waals surface area contributed by atoms with Crippen LogP contribution >= 0.6 is 0 Å². The molecule has 0 aliphatic rings. The van der Waals surface area contributed by atoms with Gasteiger partial charge in [-0.2, -0.15) is 20.2 Å². The summed E-state index contributed by atoms with van der Waals surface area (Å²) in [6, 6.07) is 16.9. The molecule has 0 spiro atoms.